The Morgan fingerprint density at radius 3 is 2.82 bits per heavy atom. The summed E-state index contributed by atoms with van der Waals surface area (Å²) < 4.78 is 1.70. The highest BCUT2D eigenvalue weighted by Crippen LogP contribution is 2.05. The first-order valence-corrected chi connectivity index (χ1v) is 5.52. The van der Waals surface area contributed by atoms with Gasteiger partial charge in [0, 0.05) is 6.42 Å². The second-order valence-corrected chi connectivity index (χ2v) is 3.69. The van der Waals surface area contributed by atoms with E-state index in [9.17, 15) is 4.79 Å². The van der Waals surface area contributed by atoms with Crippen LogP contribution >= 0.6 is 0 Å². The first-order chi connectivity index (χ1) is 8.28. The lowest BCUT2D eigenvalue weighted by atomic mass is 10.2. The lowest BCUT2D eigenvalue weighted by Crippen LogP contribution is -2.09. The minimum absolute atomic E-state index is 0.0586. The number of anilines is 1. The zero-order valence-electron chi connectivity index (χ0n) is 9.63. The topological polar surface area (TPSA) is 59.8 Å². The molecule has 1 aromatic carbocycles. The third-order valence-corrected chi connectivity index (χ3v) is 2.31. The molecule has 0 spiro atoms. The molecule has 88 valence electrons. The van der Waals surface area contributed by atoms with Crippen LogP contribution in [0.5, 0.6) is 0 Å². The third-order valence-electron chi connectivity index (χ3n) is 2.31. The number of benzene rings is 1. The third kappa shape index (κ3) is 3.14. The van der Waals surface area contributed by atoms with E-state index in [2.05, 4.69) is 15.6 Å². The van der Waals surface area contributed by atoms with Gasteiger partial charge in [-0.2, -0.15) is 0 Å². The van der Waals surface area contributed by atoms with Crippen LogP contribution in [0.15, 0.2) is 36.5 Å². The average molecular weight is 230 g/mol. The maximum atomic E-state index is 11.2. The maximum absolute atomic E-state index is 11.2. The Hall–Kier alpha value is -2.17. The van der Waals surface area contributed by atoms with Crippen LogP contribution < -0.4 is 5.32 Å². The zero-order valence-corrected chi connectivity index (χ0v) is 9.63. The molecule has 1 heterocycles. The molecule has 0 saturated heterocycles. The number of carbonyl (C=O) groups excluding carboxylic acids is 1. The van der Waals surface area contributed by atoms with Crippen LogP contribution in [0.1, 0.15) is 18.9 Å². The van der Waals surface area contributed by atoms with Gasteiger partial charge in [-0.1, -0.05) is 42.5 Å². The second kappa shape index (κ2) is 5.25. The van der Waals surface area contributed by atoms with Crippen LogP contribution in [0.3, 0.4) is 0 Å². The quantitative estimate of drug-likeness (QED) is 0.869. The van der Waals surface area contributed by atoms with E-state index >= 15 is 0 Å². The van der Waals surface area contributed by atoms with Crippen molar-refractivity contribution in [3.05, 3.63) is 42.1 Å². The maximum Gasteiger partial charge on any atom is 0.225 e. The van der Waals surface area contributed by atoms with Crippen molar-refractivity contribution >= 4 is 11.7 Å². The molecule has 5 nitrogen and oxygen atoms in total. The number of nitrogens with zero attached hydrogens (tertiary/aromatic N) is 3. The summed E-state index contributed by atoms with van der Waals surface area (Å²) in [4.78, 5) is 11.2. The van der Waals surface area contributed by atoms with Crippen molar-refractivity contribution in [1.82, 2.24) is 15.0 Å². The minimum atomic E-state index is -0.0586. The summed E-state index contributed by atoms with van der Waals surface area (Å²) >= 11 is 0. The Kier molecular flexibility index (Phi) is 3.49. The highest BCUT2D eigenvalue weighted by Gasteiger charge is 2.04. The molecule has 0 aliphatic heterocycles. The molecule has 17 heavy (non-hydrogen) atoms. The predicted octanol–water partition coefficient (Wildman–Crippen LogP) is 1.67. The second-order valence-electron chi connectivity index (χ2n) is 3.69. The summed E-state index contributed by atoms with van der Waals surface area (Å²) in [5.74, 6) is 0.435. The Bertz CT molecular complexity index is 492. The molecule has 1 amide bonds. The van der Waals surface area contributed by atoms with E-state index in [-0.39, 0.29) is 5.91 Å². The Morgan fingerprint density at radius 1 is 1.35 bits per heavy atom. The molecular weight excluding hydrogens is 216 g/mol. The standard InChI is InChI=1S/C12H14N4O/c1-2-12(17)13-11-9-16(15-14-11)8-10-6-4-3-5-7-10/h3-7,9H,2,8H2,1H3,(H,13,17). The van der Waals surface area contributed by atoms with E-state index in [0.29, 0.717) is 18.8 Å². The van der Waals surface area contributed by atoms with Gasteiger partial charge in [0.15, 0.2) is 5.82 Å². The van der Waals surface area contributed by atoms with Gasteiger partial charge < -0.3 is 5.32 Å². The number of carbonyl (C=O) groups is 1. The molecular formula is C12H14N4O. The molecule has 0 aliphatic rings. The summed E-state index contributed by atoms with van der Waals surface area (Å²) in [7, 11) is 0. The monoisotopic (exact) mass is 230 g/mol. The molecule has 0 unspecified atom stereocenters. The van der Waals surface area contributed by atoms with Gasteiger partial charge in [0.1, 0.15) is 0 Å². The fraction of sp³-hybridized carbons (Fsp3) is 0.250. The van der Waals surface area contributed by atoms with E-state index in [1.807, 2.05) is 30.3 Å². The van der Waals surface area contributed by atoms with E-state index in [1.165, 1.54) is 0 Å². The SMILES string of the molecule is CCC(=O)Nc1cn(Cc2ccccc2)nn1. The number of rotatable bonds is 4. The first kappa shape index (κ1) is 11.3. The molecule has 0 atom stereocenters. The normalized spacial score (nSPS) is 10.2. The molecule has 1 aromatic heterocycles. The zero-order chi connectivity index (χ0) is 12.1. The van der Waals surface area contributed by atoms with E-state index in [0.717, 1.165) is 5.56 Å². The molecule has 0 aliphatic carbocycles. The summed E-state index contributed by atoms with van der Waals surface area (Å²) in [6.45, 7) is 2.44. The van der Waals surface area contributed by atoms with Crippen molar-refractivity contribution < 1.29 is 4.79 Å². The fourth-order valence-electron chi connectivity index (χ4n) is 1.43. The van der Waals surface area contributed by atoms with Gasteiger partial charge >= 0.3 is 0 Å². The van der Waals surface area contributed by atoms with Gasteiger partial charge in [0.2, 0.25) is 5.91 Å². The van der Waals surface area contributed by atoms with Crippen LogP contribution in [-0.2, 0) is 11.3 Å². The number of hydrogen-bond donors (Lipinski definition) is 1. The molecule has 2 rings (SSSR count). The van der Waals surface area contributed by atoms with Gasteiger partial charge in [-0.3, -0.25) is 4.79 Å². The van der Waals surface area contributed by atoms with Gasteiger partial charge in [-0.15, -0.1) is 5.10 Å². The highest BCUT2D eigenvalue weighted by atomic mass is 16.1. The Morgan fingerprint density at radius 2 is 2.12 bits per heavy atom. The molecule has 0 saturated carbocycles. The smallest absolute Gasteiger partial charge is 0.225 e. The van der Waals surface area contributed by atoms with E-state index < -0.39 is 0 Å². The number of aromatic nitrogens is 3. The molecule has 1 N–H and O–H groups in total. The van der Waals surface area contributed by atoms with Crippen LogP contribution in [-0.4, -0.2) is 20.9 Å². The molecule has 2 aromatic rings. The summed E-state index contributed by atoms with van der Waals surface area (Å²) in [6, 6.07) is 9.97. The summed E-state index contributed by atoms with van der Waals surface area (Å²) in [6.07, 6.45) is 2.16. The van der Waals surface area contributed by atoms with Crippen LogP contribution in [0.25, 0.3) is 0 Å². The number of amides is 1. The van der Waals surface area contributed by atoms with Crippen LogP contribution in [0, 0.1) is 0 Å². The van der Waals surface area contributed by atoms with Crippen molar-refractivity contribution in [3.8, 4) is 0 Å². The molecule has 5 heteroatoms. The van der Waals surface area contributed by atoms with Crippen molar-refractivity contribution in [1.29, 1.82) is 0 Å². The lowest BCUT2D eigenvalue weighted by Gasteiger charge is -1.99. The van der Waals surface area contributed by atoms with Gasteiger partial charge in [0.25, 0.3) is 0 Å². The minimum Gasteiger partial charge on any atom is -0.308 e. The number of hydrogen-bond acceptors (Lipinski definition) is 3. The van der Waals surface area contributed by atoms with Crippen molar-refractivity contribution in [2.75, 3.05) is 5.32 Å². The Labute approximate surface area is 99.5 Å². The molecule has 0 radical (unpaired) electrons. The summed E-state index contributed by atoms with van der Waals surface area (Å²) in [5.41, 5.74) is 1.14. The van der Waals surface area contributed by atoms with Crippen LogP contribution in [0.2, 0.25) is 0 Å². The largest absolute Gasteiger partial charge is 0.308 e. The lowest BCUT2D eigenvalue weighted by molar-refractivity contribution is -0.115. The van der Waals surface area contributed by atoms with E-state index in [4.69, 9.17) is 0 Å². The first-order valence-electron chi connectivity index (χ1n) is 5.52. The predicted molar refractivity (Wildman–Crippen MR) is 64.5 cm³/mol. The van der Waals surface area contributed by atoms with Gasteiger partial charge in [-0.25, -0.2) is 4.68 Å². The molecule has 0 fully saturated rings. The fourth-order valence-corrected chi connectivity index (χ4v) is 1.43. The molecule has 0 bridgehead atoms. The average Bonchev–Trinajstić information content (AvgIpc) is 2.77. The number of nitrogens with one attached hydrogen (secondary N) is 1. The van der Waals surface area contributed by atoms with Crippen molar-refractivity contribution in [2.45, 2.75) is 19.9 Å². The highest BCUT2D eigenvalue weighted by molar-refractivity contribution is 5.89. The summed E-state index contributed by atoms with van der Waals surface area (Å²) in [5, 5.41) is 10.5. The van der Waals surface area contributed by atoms with Gasteiger partial charge in [-0.05, 0) is 5.56 Å². The van der Waals surface area contributed by atoms with Crippen molar-refractivity contribution in [2.24, 2.45) is 0 Å². The van der Waals surface area contributed by atoms with Crippen molar-refractivity contribution in [3.63, 3.8) is 0 Å². The Balaban J connectivity index is 2.01. The van der Waals surface area contributed by atoms with E-state index in [1.54, 1.807) is 17.8 Å². The van der Waals surface area contributed by atoms with Gasteiger partial charge in [0.05, 0.1) is 12.7 Å². The van der Waals surface area contributed by atoms with Crippen LogP contribution in [0.4, 0.5) is 5.82 Å².